The molecule has 0 aliphatic carbocycles. The summed E-state index contributed by atoms with van der Waals surface area (Å²) in [6.07, 6.45) is 0. The zero-order valence-corrected chi connectivity index (χ0v) is 13.8. The first-order chi connectivity index (χ1) is 9.15. The molecule has 0 aliphatic rings. The number of hydrogen-bond donors (Lipinski definition) is 2. The molecular formula is C14H23N3O2S. The minimum Gasteiger partial charge on any atom is -0.480 e. The molecule has 0 radical (unpaired) electrons. The van der Waals surface area contributed by atoms with Crippen molar-refractivity contribution in [1.29, 1.82) is 0 Å². The summed E-state index contributed by atoms with van der Waals surface area (Å²) in [7, 11) is 0. The van der Waals surface area contributed by atoms with Crippen LogP contribution in [0.2, 0.25) is 0 Å². The maximum absolute atomic E-state index is 11.4. The fourth-order valence-electron chi connectivity index (χ4n) is 1.82. The standard InChI is InChI=1S/C14H23N3O2S/c1-8(2)17-14(6,12(18)19)7-20-13-15-10(4)9(3)11(5)16-13/h8,17H,7H2,1-6H3,(H,18,19). The Morgan fingerprint density at radius 3 is 2.20 bits per heavy atom. The van der Waals surface area contributed by atoms with E-state index in [1.54, 1.807) is 6.92 Å². The first kappa shape index (κ1) is 16.9. The van der Waals surface area contributed by atoms with Gasteiger partial charge in [-0.25, -0.2) is 9.97 Å². The molecule has 1 aromatic rings. The molecule has 0 spiro atoms. The van der Waals surface area contributed by atoms with Crippen molar-refractivity contribution in [3.63, 3.8) is 0 Å². The topological polar surface area (TPSA) is 75.1 Å². The molecule has 1 aromatic heterocycles. The number of hydrogen-bond acceptors (Lipinski definition) is 5. The fraction of sp³-hybridized carbons (Fsp3) is 0.643. The predicted molar refractivity (Wildman–Crippen MR) is 81.3 cm³/mol. The van der Waals surface area contributed by atoms with Gasteiger partial charge in [-0.2, -0.15) is 0 Å². The summed E-state index contributed by atoms with van der Waals surface area (Å²) in [4.78, 5) is 20.3. The Morgan fingerprint density at radius 1 is 1.30 bits per heavy atom. The summed E-state index contributed by atoms with van der Waals surface area (Å²) in [5.74, 6) is -0.484. The Labute approximate surface area is 124 Å². The number of nitrogens with zero attached hydrogens (tertiary/aromatic N) is 2. The Balaban J connectivity index is 2.86. The van der Waals surface area contributed by atoms with Crippen molar-refractivity contribution in [3.8, 4) is 0 Å². The highest BCUT2D eigenvalue weighted by atomic mass is 32.2. The number of aliphatic carboxylic acids is 1. The lowest BCUT2D eigenvalue weighted by atomic mass is 10.1. The zero-order valence-electron chi connectivity index (χ0n) is 12.9. The second kappa shape index (κ2) is 6.54. The van der Waals surface area contributed by atoms with Crippen LogP contribution in [0.5, 0.6) is 0 Å². The quantitative estimate of drug-likeness (QED) is 0.620. The van der Waals surface area contributed by atoms with E-state index in [9.17, 15) is 9.90 Å². The van der Waals surface area contributed by atoms with Gasteiger partial charge in [0.1, 0.15) is 5.54 Å². The first-order valence-electron chi connectivity index (χ1n) is 6.61. The molecule has 0 aliphatic heterocycles. The summed E-state index contributed by atoms with van der Waals surface area (Å²) in [6.45, 7) is 11.4. The molecule has 2 N–H and O–H groups in total. The number of nitrogens with one attached hydrogen (secondary N) is 1. The van der Waals surface area contributed by atoms with E-state index in [0.717, 1.165) is 17.0 Å². The molecule has 0 fully saturated rings. The third-order valence-electron chi connectivity index (χ3n) is 3.18. The average molecular weight is 297 g/mol. The molecule has 0 amide bonds. The molecule has 1 unspecified atom stereocenters. The van der Waals surface area contributed by atoms with E-state index in [1.165, 1.54) is 11.8 Å². The van der Waals surface area contributed by atoms with Crippen molar-refractivity contribution in [2.24, 2.45) is 0 Å². The van der Waals surface area contributed by atoms with E-state index in [2.05, 4.69) is 15.3 Å². The molecule has 1 atom stereocenters. The number of carboxylic acids is 1. The lowest BCUT2D eigenvalue weighted by molar-refractivity contribution is -0.143. The smallest absolute Gasteiger partial charge is 0.324 e. The molecule has 1 heterocycles. The van der Waals surface area contributed by atoms with Gasteiger partial charge in [-0.15, -0.1) is 0 Å². The SMILES string of the molecule is Cc1nc(SCC(C)(NC(C)C)C(=O)O)nc(C)c1C. The van der Waals surface area contributed by atoms with Crippen molar-refractivity contribution in [1.82, 2.24) is 15.3 Å². The fourth-order valence-corrected chi connectivity index (χ4v) is 2.84. The summed E-state index contributed by atoms with van der Waals surface area (Å²) < 4.78 is 0. The number of aromatic nitrogens is 2. The molecule has 0 bridgehead atoms. The second-order valence-electron chi connectivity index (χ2n) is 5.53. The van der Waals surface area contributed by atoms with Crippen molar-refractivity contribution in [2.75, 3.05) is 5.75 Å². The maximum atomic E-state index is 11.4. The summed E-state index contributed by atoms with van der Waals surface area (Å²) in [5.41, 5.74) is 1.97. The minimum absolute atomic E-state index is 0.0964. The van der Waals surface area contributed by atoms with Crippen LogP contribution in [-0.4, -0.2) is 38.4 Å². The Kier molecular flexibility index (Phi) is 5.53. The van der Waals surface area contributed by atoms with Crippen molar-refractivity contribution < 1.29 is 9.90 Å². The molecule has 0 saturated carbocycles. The van der Waals surface area contributed by atoms with E-state index >= 15 is 0 Å². The van der Waals surface area contributed by atoms with Crippen LogP contribution in [0, 0.1) is 20.8 Å². The van der Waals surface area contributed by atoms with E-state index in [4.69, 9.17) is 0 Å². The van der Waals surface area contributed by atoms with Crippen molar-refractivity contribution in [3.05, 3.63) is 17.0 Å². The van der Waals surface area contributed by atoms with Crippen molar-refractivity contribution >= 4 is 17.7 Å². The molecule has 0 saturated heterocycles. The van der Waals surface area contributed by atoms with Gasteiger partial charge < -0.3 is 5.11 Å². The zero-order chi connectivity index (χ0) is 15.5. The minimum atomic E-state index is -0.991. The van der Waals surface area contributed by atoms with Crippen LogP contribution in [0.15, 0.2) is 5.16 Å². The summed E-state index contributed by atoms with van der Waals surface area (Å²) >= 11 is 1.37. The maximum Gasteiger partial charge on any atom is 0.324 e. The molecular weight excluding hydrogens is 274 g/mol. The van der Waals surface area contributed by atoms with Crippen LogP contribution >= 0.6 is 11.8 Å². The van der Waals surface area contributed by atoms with Gasteiger partial charge in [0, 0.05) is 23.2 Å². The Hall–Kier alpha value is -1.14. The molecule has 0 aromatic carbocycles. The monoisotopic (exact) mass is 297 g/mol. The summed E-state index contributed by atoms with van der Waals surface area (Å²) in [6, 6.07) is 0.0964. The third-order valence-corrected chi connectivity index (χ3v) is 4.34. The average Bonchev–Trinajstić information content (AvgIpc) is 2.32. The molecule has 20 heavy (non-hydrogen) atoms. The van der Waals surface area contributed by atoms with Gasteiger partial charge in [-0.3, -0.25) is 10.1 Å². The van der Waals surface area contributed by atoms with E-state index in [1.807, 2.05) is 34.6 Å². The van der Waals surface area contributed by atoms with Gasteiger partial charge in [0.2, 0.25) is 0 Å². The van der Waals surface area contributed by atoms with Gasteiger partial charge in [-0.05, 0) is 47.1 Å². The third kappa shape index (κ3) is 4.18. The molecule has 6 heteroatoms. The second-order valence-corrected chi connectivity index (χ2v) is 6.47. The van der Waals surface area contributed by atoms with Gasteiger partial charge in [0.15, 0.2) is 5.16 Å². The lowest BCUT2D eigenvalue weighted by Crippen LogP contribution is -2.54. The first-order valence-corrected chi connectivity index (χ1v) is 7.60. The van der Waals surface area contributed by atoms with Crippen LogP contribution < -0.4 is 5.32 Å². The van der Waals surface area contributed by atoms with Crippen LogP contribution in [-0.2, 0) is 4.79 Å². The van der Waals surface area contributed by atoms with E-state index in [-0.39, 0.29) is 6.04 Å². The molecule has 5 nitrogen and oxygen atoms in total. The lowest BCUT2D eigenvalue weighted by Gasteiger charge is -2.28. The van der Waals surface area contributed by atoms with Crippen LogP contribution in [0.4, 0.5) is 0 Å². The van der Waals surface area contributed by atoms with Gasteiger partial charge in [0.25, 0.3) is 0 Å². The largest absolute Gasteiger partial charge is 0.480 e. The van der Waals surface area contributed by atoms with E-state index in [0.29, 0.717) is 10.9 Å². The molecule has 112 valence electrons. The van der Waals surface area contributed by atoms with Crippen LogP contribution in [0.25, 0.3) is 0 Å². The van der Waals surface area contributed by atoms with Gasteiger partial charge in [-0.1, -0.05) is 11.8 Å². The molecule has 1 rings (SSSR count). The van der Waals surface area contributed by atoms with Gasteiger partial charge >= 0.3 is 5.97 Å². The van der Waals surface area contributed by atoms with E-state index < -0.39 is 11.5 Å². The van der Waals surface area contributed by atoms with Crippen LogP contribution in [0.3, 0.4) is 0 Å². The van der Waals surface area contributed by atoms with Crippen molar-refractivity contribution in [2.45, 2.75) is 58.3 Å². The predicted octanol–water partition coefficient (Wildman–Crippen LogP) is 2.34. The number of rotatable bonds is 6. The highest BCUT2D eigenvalue weighted by Crippen LogP contribution is 2.22. The number of aryl methyl sites for hydroxylation is 2. The number of thioether (sulfide) groups is 1. The normalized spacial score (nSPS) is 14.3. The Bertz CT molecular complexity index is 482. The number of carbonyl (C=O) groups is 1. The Morgan fingerprint density at radius 2 is 1.80 bits per heavy atom. The van der Waals surface area contributed by atoms with Crippen LogP contribution in [0.1, 0.15) is 37.7 Å². The highest BCUT2D eigenvalue weighted by molar-refractivity contribution is 7.99. The number of carboxylic acid groups (broad SMARTS) is 1. The highest BCUT2D eigenvalue weighted by Gasteiger charge is 2.34. The summed E-state index contributed by atoms with van der Waals surface area (Å²) in [5, 5.41) is 13.1. The van der Waals surface area contributed by atoms with Gasteiger partial charge in [0.05, 0.1) is 0 Å².